The molecule has 3 rings (SSSR count). The number of aromatic nitrogens is 3. The van der Waals surface area contributed by atoms with Crippen molar-refractivity contribution in [2.24, 2.45) is 0 Å². The summed E-state index contributed by atoms with van der Waals surface area (Å²) in [5, 5.41) is 20.7. The highest BCUT2D eigenvalue weighted by molar-refractivity contribution is 5.32. The van der Waals surface area contributed by atoms with E-state index in [9.17, 15) is 9.50 Å². The Bertz CT molecular complexity index is 576. The van der Waals surface area contributed by atoms with E-state index >= 15 is 0 Å². The topological polar surface area (TPSA) is 72.2 Å². The Morgan fingerprint density at radius 3 is 3.15 bits per heavy atom. The summed E-state index contributed by atoms with van der Waals surface area (Å²) in [6.07, 6.45) is 3.40. The van der Waals surface area contributed by atoms with Crippen molar-refractivity contribution >= 4 is 0 Å². The molecule has 0 radical (unpaired) electrons. The van der Waals surface area contributed by atoms with Crippen LogP contribution >= 0.6 is 0 Å². The standard InChI is InChI=1S/C13H15FN4O2/c14-10-1-2-13(19)9(5-10)6-15-11-7-20-8-12(11)18-4-3-16-17-18/h1-5,11-12,15,19H,6-8H2/t11-,12+/m1/s1. The van der Waals surface area contributed by atoms with Crippen molar-refractivity contribution in [3.8, 4) is 5.75 Å². The molecule has 0 amide bonds. The zero-order chi connectivity index (χ0) is 13.9. The van der Waals surface area contributed by atoms with Crippen LogP contribution in [0.4, 0.5) is 4.39 Å². The third-order valence-corrected chi connectivity index (χ3v) is 3.43. The molecule has 0 spiro atoms. The zero-order valence-electron chi connectivity index (χ0n) is 10.7. The van der Waals surface area contributed by atoms with E-state index in [2.05, 4.69) is 15.6 Å². The van der Waals surface area contributed by atoms with Gasteiger partial charge in [-0.3, -0.25) is 0 Å². The lowest BCUT2D eigenvalue weighted by Crippen LogP contribution is -2.36. The van der Waals surface area contributed by atoms with Crippen LogP contribution in [0.15, 0.2) is 30.6 Å². The van der Waals surface area contributed by atoms with Gasteiger partial charge in [-0.25, -0.2) is 9.07 Å². The van der Waals surface area contributed by atoms with Gasteiger partial charge in [0.05, 0.1) is 31.5 Å². The number of benzene rings is 1. The van der Waals surface area contributed by atoms with Crippen molar-refractivity contribution < 1.29 is 14.2 Å². The predicted octanol–water partition coefficient (Wildman–Crippen LogP) is 0.852. The van der Waals surface area contributed by atoms with E-state index in [4.69, 9.17) is 4.74 Å². The Balaban J connectivity index is 1.67. The average molecular weight is 278 g/mol. The second kappa shape index (κ2) is 5.56. The van der Waals surface area contributed by atoms with Gasteiger partial charge < -0.3 is 15.2 Å². The summed E-state index contributed by atoms with van der Waals surface area (Å²) >= 11 is 0. The summed E-state index contributed by atoms with van der Waals surface area (Å²) in [7, 11) is 0. The summed E-state index contributed by atoms with van der Waals surface area (Å²) in [4.78, 5) is 0. The molecule has 0 bridgehead atoms. The van der Waals surface area contributed by atoms with Gasteiger partial charge in [0, 0.05) is 18.3 Å². The summed E-state index contributed by atoms with van der Waals surface area (Å²) in [5.41, 5.74) is 0.522. The molecule has 2 aromatic rings. The Morgan fingerprint density at radius 2 is 2.35 bits per heavy atom. The molecule has 1 aliphatic heterocycles. The van der Waals surface area contributed by atoms with E-state index in [0.29, 0.717) is 25.3 Å². The van der Waals surface area contributed by atoms with Crippen molar-refractivity contribution in [3.63, 3.8) is 0 Å². The van der Waals surface area contributed by atoms with Gasteiger partial charge >= 0.3 is 0 Å². The second-order valence-electron chi connectivity index (χ2n) is 4.75. The van der Waals surface area contributed by atoms with Crippen LogP contribution in [0.5, 0.6) is 5.75 Å². The van der Waals surface area contributed by atoms with Crippen LogP contribution in [0.1, 0.15) is 11.6 Å². The Labute approximate surface area is 115 Å². The summed E-state index contributed by atoms with van der Waals surface area (Å²) in [6.45, 7) is 1.46. The third kappa shape index (κ3) is 2.63. The fourth-order valence-electron chi connectivity index (χ4n) is 2.33. The van der Waals surface area contributed by atoms with Gasteiger partial charge in [-0.15, -0.1) is 5.10 Å². The first-order chi connectivity index (χ1) is 9.74. The molecule has 0 aliphatic carbocycles. The maximum absolute atomic E-state index is 13.2. The lowest BCUT2D eigenvalue weighted by atomic mass is 10.1. The average Bonchev–Trinajstić information content (AvgIpc) is 3.09. The van der Waals surface area contributed by atoms with E-state index in [0.717, 1.165) is 0 Å². The Morgan fingerprint density at radius 1 is 1.45 bits per heavy atom. The summed E-state index contributed by atoms with van der Waals surface area (Å²) in [5.74, 6) is -0.287. The number of halogens is 1. The van der Waals surface area contributed by atoms with Crippen molar-refractivity contribution in [2.75, 3.05) is 13.2 Å². The summed E-state index contributed by atoms with van der Waals surface area (Å²) < 4.78 is 20.4. The molecule has 1 aliphatic rings. The quantitative estimate of drug-likeness (QED) is 0.867. The number of rotatable bonds is 4. The minimum Gasteiger partial charge on any atom is -0.508 e. The highest BCUT2D eigenvalue weighted by Gasteiger charge is 2.30. The molecular weight excluding hydrogens is 263 g/mol. The first-order valence-corrected chi connectivity index (χ1v) is 6.38. The molecule has 1 aromatic carbocycles. The number of phenolic OH excluding ortho intramolecular Hbond substituents is 1. The van der Waals surface area contributed by atoms with Crippen LogP contribution in [0, 0.1) is 5.82 Å². The van der Waals surface area contributed by atoms with Crippen molar-refractivity contribution in [3.05, 3.63) is 42.0 Å². The molecule has 1 aromatic heterocycles. The van der Waals surface area contributed by atoms with E-state index < -0.39 is 0 Å². The Kier molecular flexibility index (Phi) is 3.62. The second-order valence-corrected chi connectivity index (χ2v) is 4.75. The van der Waals surface area contributed by atoms with Crippen LogP contribution in [0.3, 0.4) is 0 Å². The molecular formula is C13H15FN4O2. The smallest absolute Gasteiger partial charge is 0.123 e. The number of nitrogens with one attached hydrogen (secondary N) is 1. The van der Waals surface area contributed by atoms with Crippen LogP contribution in [-0.2, 0) is 11.3 Å². The van der Waals surface area contributed by atoms with E-state index in [1.54, 1.807) is 17.1 Å². The fraction of sp³-hybridized carbons (Fsp3) is 0.385. The molecule has 1 saturated heterocycles. The number of phenols is 1. The number of hydrogen-bond donors (Lipinski definition) is 2. The van der Waals surface area contributed by atoms with Crippen molar-refractivity contribution in [2.45, 2.75) is 18.6 Å². The lowest BCUT2D eigenvalue weighted by molar-refractivity contribution is 0.181. The third-order valence-electron chi connectivity index (χ3n) is 3.43. The van der Waals surface area contributed by atoms with Crippen LogP contribution in [-0.4, -0.2) is 39.4 Å². The number of hydrogen-bond acceptors (Lipinski definition) is 5. The molecule has 106 valence electrons. The molecule has 0 unspecified atom stereocenters. The van der Waals surface area contributed by atoms with E-state index in [1.807, 2.05) is 0 Å². The fourth-order valence-corrected chi connectivity index (χ4v) is 2.33. The first kappa shape index (κ1) is 13.0. The van der Waals surface area contributed by atoms with Crippen molar-refractivity contribution in [1.82, 2.24) is 20.3 Å². The molecule has 2 atom stereocenters. The largest absolute Gasteiger partial charge is 0.508 e. The van der Waals surface area contributed by atoms with Crippen LogP contribution < -0.4 is 5.32 Å². The molecule has 0 saturated carbocycles. The van der Waals surface area contributed by atoms with E-state index in [-0.39, 0.29) is 23.7 Å². The zero-order valence-corrected chi connectivity index (χ0v) is 10.7. The molecule has 1 fully saturated rings. The minimum atomic E-state index is -0.366. The molecule has 6 nitrogen and oxygen atoms in total. The molecule has 2 N–H and O–H groups in total. The highest BCUT2D eigenvalue weighted by atomic mass is 19.1. The monoisotopic (exact) mass is 278 g/mol. The van der Waals surface area contributed by atoms with Gasteiger partial charge in [-0.1, -0.05) is 5.21 Å². The van der Waals surface area contributed by atoms with Gasteiger partial charge in [0.25, 0.3) is 0 Å². The molecule has 2 heterocycles. The maximum atomic E-state index is 13.2. The maximum Gasteiger partial charge on any atom is 0.123 e. The number of aromatic hydroxyl groups is 1. The van der Waals surface area contributed by atoms with Gasteiger partial charge in [0.15, 0.2) is 0 Å². The predicted molar refractivity (Wildman–Crippen MR) is 68.6 cm³/mol. The normalized spacial score (nSPS) is 22.2. The first-order valence-electron chi connectivity index (χ1n) is 6.38. The minimum absolute atomic E-state index is 0.0411. The van der Waals surface area contributed by atoms with Gasteiger partial charge in [-0.05, 0) is 18.2 Å². The van der Waals surface area contributed by atoms with Gasteiger partial charge in [0.2, 0.25) is 0 Å². The van der Waals surface area contributed by atoms with Crippen molar-refractivity contribution in [1.29, 1.82) is 0 Å². The van der Waals surface area contributed by atoms with Gasteiger partial charge in [0.1, 0.15) is 11.6 Å². The van der Waals surface area contributed by atoms with E-state index in [1.165, 1.54) is 18.2 Å². The Hall–Kier alpha value is -1.99. The highest BCUT2D eigenvalue weighted by Crippen LogP contribution is 2.21. The lowest BCUT2D eigenvalue weighted by Gasteiger charge is -2.19. The summed E-state index contributed by atoms with van der Waals surface area (Å²) in [6, 6.07) is 4.00. The number of ether oxygens (including phenoxy) is 1. The van der Waals surface area contributed by atoms with Crippen LogP contribution in [0.25, 0.3) is 0 Å². The number of nitrogens with zero attached hydrogens (tertiary/aromatic N) is 3. The molecule has 7 heteroatoms. The SMILES string of the molecule is Oc1ccc(F)cc1CN[C@@H]1COC[C@@H]1n1ccnn1. The van der Waals surface area contributed by atoms with Crippen LogP contribution in [0.2, 0.25) is 0 Å². The van der Waals surface area contributed by atoms with Gasteiger partial charge in [-0.2, -0.15) is 0 Å². The molecule has 20 heavy (non-hydrogen) atoms.